The van der Waals surface area contributed by atoms with Crippen LogP contribution in [0.1, 0.15) is 72.1 Å². The third kappa shape index (κ3) is 36.7. The van der Waals surface area contributed by atoms with Crippen LogP contribution in [0.25, 0.3) is 0 Å². The van der Waals surface area contributed by atoms with Gasteiger partial charge < -0.3 is 49.2 Å². The van der Waals surface area contributed by atoms with E-state index in [4.69, 9.17) is 34.6 Å². The number of unbranched alkanes of at least 4 members (excludes halogenated alkanes) is 2. The van der Waals surface area contributed by atoms with Gasteiger partial charge in [-0.15, -0.1) is 0 Å². The molecule has 3 atom stereocenters. The van der Waals surface area contributed by atoms with Crippen LogP contribution in [0.5, 0.6) is 0 Å². The molecule has 0 aromatic rings. The molecule has 0 aliphatic rings. The van der Waals surface area contributed by atoms with Gasteiger partial charge in [-0.2, -0.15) is 0 Å². The molecule has 16 nitrogen and oxygen atoms in total. The van der Waals surface area contributed by atoms with E-state index >= 15 is 0 Å². The largest absolute Gasteiger partial charge is 0.478 e. The van der Waals surface area contributed by atoms with Gasteiger partial charge in [0, 0.05) is 48.8 Å². The Morgan fingerprint density at radius 1 is 0.623 bits per heavy atom. The van der Waals surface area contributed by atoms with E-state index in [0.717, 1.165) is 56.1 Å². The molecule has 53 heavy (non-hydrogen) atoms. The van der Waals surface area contributed by atoms with Crippen LogP contribution in [0.2, 0.25) is 0 Å². The van der Waals surface area contributed by atoms with E-state index in [9.17, 15) is 33.9 Å². The van der Waals surface area contributed by atoms with Crippen molar-refractivity contribution in [3.8, 4) is 0 Å². The van der Waals surface area contributed by atoms with Gasteiger partial charge in [0.1, 0.15) is 19.8 Å². The number of carbonyl (C=O) groups is 6. The third-order valence-corrected chi connectivity index (χ3v) is 5.99. The van der Waals surface area contributed by atoms with Gasteiger partial charge in [-0.3, -0.25) is 0 Å². The summed E-state index contributed by atoms with van der Waals surface area (Å²) in [6, 6.07) is 0. The zero-order valence-electron chi connectivity index (χ0n) is 31.1. The first kappa shape index (κ1) is 54.9. The second kappa shape index (κ2) is 35.5. The van der Waals surface area contributed by atoms with Crippen LogP contribution >= 0.6 is 0 Å². The summed E-state index contributed by atoms with van der Waals surface area (Å²) >= 11 is 0. The van der Waals surface area contributed by atoms with Crippen molar-refractivity contribution in [1.82, 2.24) is 0 Å². The average molecular weight is 759 g/mol. The first-order chi connectivity index (χ1) is 24.9. The van der Waals surface area contributed by atoms with Crippen molar-refractivity contribution in [2.24, 2.45) is 5.41 Å². The summed E-state index contributed by atoms with van der Waals surface area (Å²) in [5.74, 6) is -4.31. The topological polar surface area (TPSA) is 250 Å². The predicted octanol–water partition coefficient (Wildman–Crippen LogP) is 3.39. The maximum absolute atomic E-state index is 11.1. The lowest BCUT2D eigenvalue weighted by Gasteiger charge is -2.29. The number of hydrogen-bond acceptors (Lipinski definition) is 15. The predicted molar refractivity (Wildman–Crippen MR) is 194 cm³/mol. The summed E-state index contributed by atoms with van der Waals surface area (Å²) in [7, 11) is 0. The SMILES string of the molecule is C=C(CCC(C)O)C(=O)O.C=CC(=O)OC(O)CCC.C=CC(=O)OC(O)CCCCC.C=CC(=O)OCC(CO)(COC(=O)C=C)COC(=O)C=C. The highest BCUT2D eigenvalue weighted by atomic mass is 16.6. The number of aliphatic hydroxyl groups is 4. The number of aliphatic hydroxyl groups excluding tert-OH is 4. The van der Waals surface area contributed by atoms with Gasteiger partial charge in [-0.05, 0) is 26.2 Å². The highest BCUT2D eigenvalue weighted by molar-refractivity contribution is 5.85. The first-order valence-corrected chi connectivity index (χ1v) is 16.5. The van der Waals surface area contributed by atoms with Crippen molar-refractivity contribution in [2.45, 2.75) is 90.8 Å². The van der Waals surface area contributed by atoms with Crippen molar-refractivity contribution in [3.05, 3.63) is 75.4 Å². The Morgan fingerprint density at radius 3 is 1.28 bits per heavy atom. The van der Waals surface area contributed by atoms with Crippen LogP contribution in [0.3, 0.4) is 0 Å². The standard InChI is InChI=1S/C14H18O7.C9H16O3.2C7H12O3/c1-4-11(16)19-8-14(7-15,9-20-12(17)5-2)10-21-13(18)6-3;1-3-5-6-7-9(11)12-8(10)4-2;1-5(7(9)10)3-4-6(2)8;1-3-5-7(9)10-6(8)4-2/h4-6,15H,1-3,7-10H2;4,9,11H,2-3,5-7H2,1H3;6,8H,1,3-4H2,2H3,(H,9,10);4,7,9H,2-3,5H2,1H3. The maximum atomic E-state index is 11.1. The normalized spacial score (nSPS) is 11.5. The highest BCUT2D eigenvalue weighted by Crippen LogP contribution is 2.19. The number of esters is 5. The van der Waals surface area contributed by atoms with Gasteiger partial charge in [0.15, 0.2) is 0 Å². The van der Waals surface area contributed by atoms with Crippen LogP contribution in [-0.2, 0) is 52.5 Å². The third-order valence-electron chi connectivity index (χ3n) is 5.99. The molecule has 0 fully saturated rings. The molecule has 0 amide bonds. The molecule has 0 aromatic heterocycles. The fourth-order valence-electron chi connectivity index (χ4n) is 2.90. The smallest absolute Gasteiger partial charge is 0.332 e. The molecule has 0 saturated carbocycles. The molecule has 302 valence electrons. The van der Waals surface area contributed by atoms with E-state index in [1.165, 1.54) is 0 Å². The molecule has 16 heteroatoms. The lowest BCUT2D eigenvalue weighted by Crippen LogP contribution is -2.42. The number of aliphatic carboxylic acids is 1. The number of carboxylic acids is 1. The number of ether oxygens (including phenoxy) is 5. The summed E-state index contributed by atoms with van der Waals surface area (Å²) in [5.41, 5.74) is -1.13. The van der Waals surface area contributed by atoms with E-state index in [1.807, 2.05) is 6.92 Å². The molecule has 0 radical (unpaired) electrons. The number of carbonyl (C=O) groups excluding carboxylic acids is 5. The van der Waals surface area contributed by atoms with Crippen molar-refractivity contribution < 1.29 is 78.0 Å². The van der Waals surface area contributed by atoms with Gasteiger partial charge in [-0.25, -0.2) is 28.8 Å². The minimum Gasteiger partial charge on any atom is -0.478 e. The van der Waals surface area contributed by atoms with Crippen LogP contribution in [0, 0.1) is 5.41 Å². The van der Waals surface area contributed by atoms with Crippen LogP contribution in [0.4, 0.5) is 0 Å². The van der Waals surface area contributed by atoms with Crippen molar-refractivity contribution in [1.29, 1.82) is 0 Å². The molecule has 0 aromatic carbocycles. The number of carboxylic acid groups (broad SMARTS) is 1. The van der Waals surface area contributed by atoms with Gasteiger partial charge in [0.25, 0.3) is 0 Å². The van der Waals surface area contributed by atoms with E-state index in [0.29, 0.717) is 25.7 Å². The fourth-order valence-corrected chi connectivity index (χ4v) is 2.90. The summed E-state index contributed by atoms with van der Waals surface area (Å²) in [5, 5.41) is 44.5. The first-order valence-electron chi connectivity index (χ1n) is 16.5. The molecule has 0 spiro atoms. The van der Waals surface area contributed by atoms with Crippen molar-refractivity contribution in [3.63, 3.8) is 0 Å². The van der Waals surface area contributed by atoms with Crippen LogP contribution < -0.4 is 0 Å². The minimum atomic E-state index is -1.28. The van der Waals surface area contributed by atoms with E-state index in [2.05, 4.69) is 55.9 Å². The fraction of sp³-hybridized carbons (Fsp3) is 0.514. The Morgan fingerprint density at radius 2 is 1.00 bits per heavy atom. The lowest BCUT2D eigenvalue weighted by molar-refractivity contribution is -0.163. The maximum Gasteiger partial charge on any atom is 0.332 e. The van der Waals surface area contributed by atoms with E-state index in [-0.39, 0.29) is 25.4 Å². The quantitative estimate of drug-likeness (QED) is 0.0311. The zero-order chi connectivity index (χ0) is 41.8. The number of hydrogen-bond donors (Lipinski definition) is 5. The molecular weight excluding hydrogens is 700 g/mol. The monoisotopic (exact) mass is 758 g/mol. The van der Waals surface area contributed by atoms with Crippen molar-refractivity contribution in [2.75, 3.05) is 26.4 Å². The average Bonchev–Trinajstić information content (AvgIpc) is 3.13. The molecule has 0 aliphatic heterocycles. The molecule has 5 N–H and O–H groups in total. The summed E-state index contributed by atoms with van der Waals surface area (Å²) < 4.78 is 23.5. The van der Waals surface area contributed by atoms with Crippen LogP contribution in [0.15, 0.2) is 75.4 Å². The Kier molecular flexibility index (Phi) is 36.8. The minimum absolute atomic E-state index is 0.154. The van der Waals surface area contributed by atoms with Crippen LogP contribution in [-0.4, -0.2) is 106 Å². The summed E-state index contributed by atoms with van der Waals surface area (Å²) in [6.07, 6.45) is 8.08. The highest BCUT2D eigenvalue weighted by Gasteiger charge is 2.35. The molecule has 3 unspecified atom stereocenters. The Bertz CT molecular complexity index is 1100. The number of rotatable bonds is 24. The molecule has 0 aliphatic carbocycles. The molecular formula is C37H58O16. The molecule has 0 rings (SSSR count). The van der Waals surface area contributed by atoms with Gasteiger partial charge in [0.05, 0.1) is 18.1 Å². The second-order valence-corrected chi connectivity index (χ2v) is 10.9. The summed E-state index contributed by atoms with van der Waals surface area (Å²) in [6.45, 7) is 23.5. The van der Waals surface area contributed by atoms with Gasteiger partial charge in [0.2, 0.25) is 12.6 Å². The van der Waals surface area contributed by atoms with Gasteiger partial charge >= 0.3 is 35.8 Å². The van der Waals surface area contributed by atoms with E-state index < -0.39 is 66.5 Å². The van der Waals surface area contributed by atoms with Crippen molar-refractivity contribution >= 4 is 35.8 Å². The molecule has 0 saturated heterocycles. The van der Waals surface area contributed by atoms with Gasteiger partial charge in [-0.1, -0.05) is 72.6 Å². The Balaban J connectivity index is -0.000000321. The Labute approximate surface area is 311 Å². The lowest BCUT2D eigenvalue weighted by atomic mass is 9.92. The zero-order valence-corrected chi connectivity index (χ0v) is 31.1. The Hall–Kier alpha value is -4.90. The molecule has 0 heterocycles. The summed E-state index contributed by atoms with van der Waals surface area (Å²) in [4.78, 5) is 64.4. The molecule has 0 bridgehead atoms. The second-order valence-electron chi connectivity index (χ2n) is 10.9. The van der Waals surface area contributed by atoms with E-state index in [1.54, 1.807) is 6.92 Å².